The third-order valence-electron chi connectivity index (χ3n) is 8.47. The minimum Gasteiger partial charge on any atom is -0.389 e. The summed E-state index contributed by atoms with van der Waals surface area (Å²) in [4.78, 5) is 27.6. The van der Waals surface area contributed by atoms with Gasteiger partial charge in [-0.15, -0.1) is 0 Å². The highest BCUT2D eigenvalue weighted by Crippen LogP contribution is 2.38. The largest absolute Gasteiger partial charge is 0.389 e. The molecule has 1 saturated carbocycles. The predicted molar refractivity (Wildman–Crippen MR) is 172 cm³/mol. The zero-order valence-electron chi connectivity index (χ0n) is 26.1. The average molecular weight is 607 g/mol. The minimum atomic E-state index is -0.915. The fraction of sp³-hybridized carbons (Fsp3) is 0.382. The first-order chi connectivity index (χ1) is 21.6. The predicted octanol–water partition coefficient (Wildman–Crippen LogP) is 5.27. The van der Waals surface area contributed by atoms with Crippen LogP contribution in [-0.4, -0.2) is 72.2 Å². The Balaban J connectivity index is 1.36. The normalized spacial score (nSPS) is 17.2. The summed E-state index contributed by atoms with van der Waals surface area (Å²) in [5.41, 5.74) is 4.51. The summed E-state index contributed by atoms with van der Waals surface area (Å²) in [5.74, 6) is 2.09. The molecule has 2 aliphatic rings. The Bertz CT molecular complexity index is 1840. The van der Waals surface area contributed by atoms with Crippen LogP contribution in [0.25, 0.3) is 33.4 Å². The lowest BCUT2D eigenvalue weighted by molar-refractivity contribution is 0.0577. The maximum absolute atomic E-state index is 13.2. The molecule has 0 bridgehead atoms. The van der Waals surface area contributed by atoms with Crippen molar-refractivity contribution in [3.8, 4) is 22.5 Å². The highest BCUT2D eigenvalue weighted by atomic mass is 16.5. The van der Waals surface area contributed by atoms with Crippen LogP contribution in [0, 0.1) is 13.8 Å². The van der Waals surface area contributed by atoms with Crippen molar-refractivity contribution in [2.45, 2.75) is 64.8 Å². The molecule has 1 atom stereocenters. The number of anilines is 1. The van der Waals surface area contributed by atoms with E-state index in [1.165, 1.54) is 0 Å². The molecule has 1 unspecified atom stereocenters. The first-order valence-corrected chi connectivity index (χ1v) is 15.5. The Hall–Kier alpha value is -4.77. The molecule has 2 aromatic carbocycles. The molecule has 1 aliphatic heterocycles. The monoisotopic (exact) mass is 606 g/mol. The Morgan fingerprint density at radius 2 is 1.87 bits per heavy atom. The quantitative estimate of drug-likeness (QED) is 0.257. The number of carbonyl (C=O) groups is 1. The van der Waals surface area contributed by atoms with Crippen molar-refractivity contribution >= 4 is 22.8 Å². The molecule has 2 amide bonds. The molecule has 2 fully saturated rings. The van der Waals surface area contributed by atoms with E-state index in [0.29, 0.717) is 38.0 Å². The van der Waals surface area contributed by atoms with Crippen molar-refractivity contribution < 1.29 is 14.4 Å². The highest BCUT2D eigenvalue weighted by Gasteiger charge is 2.35. The lowest BCUT2D eigenvalue weighted by Crippen LogP contribution is -2.53. The van der Waals surface area contributed by atoms with Gasteiger partial charge in [0.25, 0.3) is 0 Å². The fourth-order valence-electron chi connectivity index (χ4n) is 6.15. The van der Waals surface area contributed by atoms with E-state index in [-0.39, 0.29) is 12.1 Å². The summed E-state index contributed by atoms with van der Waals surface area (Å²) in [6, 6.07) is 16.6. The van der Waals surface area contributed by atoms with Crippen LogP contribution in [0.15, 0.2) is 65.4 Å². The van der Waals surface area contributed by atoms with Crippen molar-refractivity contribution in [1.29, 1.82) is 0 Å². The van der Waals surface area contributed by atoms with Gasteiger partial charge >= 0.3 is 6.03 Å². The number of aromatic nitrogens is 5. The van der Waals surface area contributed by atoms with Gasteiger partial charge in [-0.25, -0.2) is 14.8 Å². The van der Waals surface area contributed by atoms with Gasteiger partial charge in [0.15, 0.2) is 5.82 Å². The number of nitrogens with one attached hydrogen (secondary N) is 1. The van der Waals surface area contributed by atoms with Crippen LogP contribution in [0.5, 0.6) is 0 Å². The van der Waals surface area contributed by atoms with Gasteiger partial charge < -0.3 is 24.7 Å². The summed E-state index contributed by atoms with van der Waals surface area (Å²) in [5, 5.41) is 23.1. The van der Waals surface area contributed by atoms with Crippen LogP contribution in [0.3, 0.4) is 0 Å². The summed E-state index contributed by atoms with van der Waals surface area (Å²) in [6.07, 6.45) is 5.70. The fourth-order valence-corrected chi connectivity index (χ4v) is 6.15. The van der Waals surface area contributed by atoms with Crippen LogP contribution < -0.4 is 10.2 Å². The molecular formula is C34H38N8O3. The number of aryl methyl sites for hydroxylation is 2. The van der Waals surface area contributed by atoms with E-state index >= 15 is 0 Å². The number of amides is 2. The Morgan fingerprint density at radius 1 is 1.07 bits per heavy atom. The zero-order valence-corrected chi connectivity index (χ0v) is 26.1. The van der Waals surface area contributed by atoms with Crippen LogP contribution >= 0.6 is 0 Å². The highest BCUT2D eigenvalue weighted by molar-refractivity contribution is 5.95. The molecular weight excluding hydrogens is 568 g/mol. The van der Waals surface area contributed by atoms with Crippen molar-refractivity contribution in [3.05, 3.63) is 77.9 Å². The minimum absolute atomic E-state index is 0.00812. The summed E-state index contributed by atoms with van der Waals surface area (Å²) in [6.45, 7) is 9.40. The molecule has 5 aromatic rings. The van der Waals surface area contributed by atoms with E-state index in [0.717, 1.165) is 63.3 Å². The zero-order chi connectivity index (χ0) is 31.3. The topological polar surface area (TPSA) is 125 Å². The van der Waals surface area contributed by atoms with Gasteiger partial charge in [-0.2, -0.15) is 5.10 Å². The van der Waals surface area contributed by atoms with Gasteiger partial charge in [-0.1, -0.05) is 41.6 Å². The van der Waals surface area contributed by atoms with E-state index in [1.807, 2.05) is 55.3 Å². The molecule has 2 N–H and O–H groups in total. The van der Waals surface area contributed by atoms with Crippen molar-refractivity contribution in [2.24, 2.45) is 0 Å². The van der Waals surface area contributed by atoms with E-state index in [9.17, 15) is 9.90 Å². The summed E-state index contributed by atoms with van der Waals surface area (Å²) < 4.78 is 7.22. The third-order valence-corrected chi connectivity index (χ3v) is 8.47. The lowest BCUT2D eigenvalue weighted by Gasteiger charge is -2.42. The first kappa shape index (κ1) is 29.0. The van der Waals surface area contributed by atoms with Gasteiger partial charge in [0, 0.05) is 42.8 Å². The second-order valence-corrected chi connectivity index (χ2v) is 12.8. The molecule has 45 heavy (non-hydrogen) atoms. The number of hydrogen-bond acceptors (Lipinski definition) is 8. The Morgan fingerprint density at radius 3 is 2.58 bits per heavy atom. The van der Waals surface area contributed by atoms with Crippen LogP contribution in [0.4, 0.5) is 10.6 Å². The SMILES string of the molecule is Cc1noc(C)c1-c1ccc2nc(-c3cnn(CC(C)(C)O)c3)nc(N3CCN(C(=O)NC4CC4)CC3c3ccccc3)c2c1. The third kappa shape index (κ3) is 6.00. The molecule has 1 saturated heterocycles. The number of hydrogen-bond donors (Lipinski definition) is 2. The standard InChI is InChI=1S/C34H38N8O3/c1-21-30(22(2)45-39-21)24-10-13-28-27(16-24)32(38-31(37-28)25-17-35-41(18-25)20-34(3,4)44)42-15-14-40(33(43)36-26-11-12-26)19-29(42)23-8-6-5-7-9-23/h5-10,13,16-18,26,29,44H,11-12,14-15,19-20H2,1-4H3,(H,36,43). The molecule has 232 valence electrons. The van der Waals surface area contributed by atoms with Crippen LogP contribution in [0.1, 0.15) is 49.7 Å². The van der Waals surface area contributed by atoms with Gasteiger partial charge in [0.2, 0.25) is 0 Å². The molecule has 7 rings (SSSR count). The van der Waals surface area contributed by atoms with E-state index in [1.54, 1.807) is 24.7 Å². The van der Waals surface area contributed by atoms with Gasteiger partial charge in [-0.3, -0.25) is 4.68 Å². The number of piperazine rings is 1. The molecule has 4 heterocycles. The molecule has 11 nitrogen and oxygen atoms in total. The van der Waals surface area contributed by atoms with Crippen molar-refractivity contribution in [1.82, 2.24) is 35.1 Å². The number of benzene rings is 2. The second kappa shape index (κ2) is 11.3. The summed E-state index contributed by atoms with van der Waals surface area (Å²) in [7, 11) is 0. The maximum atomic E-state index is 13.2. The van der Waals surface area contributed by atoms with E-state index < -0.39 is 5.60 Å². The second-order valence-electron chi connectivity index (χ2n) is 12.8. The average Bonchev–Trinajstić information content (AvgIpc) is 3.61. The van der Waals surface area contributed by atoms with Gasteiger partial charge in [0.1, 0.15) is 11.6 Å². The Labute approximate surface area is 261 Å². The number of fused-ring (bicyclic) bond motifs is 1. The Kier molecular flexibility index (Phi) is 7.27. The molecule has 0 spiro atoms. The first-order valence-electron chi connectivity index (χ1n) is 15.5. The van der Waals surface area contributed by atoms with Crippen molar-refractivity contribution in [3.63, 3.8) is 0 Å². The molecule has 0 radical (unpaired) electrons. The number of rotatable bonds is 7. The van der Waals surface area contributed by atoms with Crippen LogP contribution in [-0.2, 0) is 6.54 Å². The number of nitrogens with zero attached hydrogens (tertiary/aromatic N) is 7. The smallest absolute Gasteiger partial charge is 0.317 e. The summed E-state index contributed by atoms with van der Waals surface area (Å²) >= 11 is 0. The molecule has 3 aromatic heterocycles. The molecule has 11 heteroatoms. The van der Waals surface area contributed by atoms with E-state index in [4.69, 9.17) is 14.5 Å². The molecule has 1 aliphatic carbocycles. The van der Waals surface area contributed by atoms with Gasteiger partial charge in [0.05, 0.1) is 41.2 Å². The number of aliphatic hydroxyl groups is 1. The van der Waals surface area contributed by atoms with E-state index in [2.05, 4.69) is 38.7 Å². The number of urea groups is 1. The van der Waals surface area contributed by atoms with Crippen LogP contribution in [0.2, 0.25) is 0 Å². The van der Waals surface area contributed by atoms with Crippen molar-refractivity contribution in [2.75, 3.05) is 24.5 Å². The number of carbonyl (C=O) groups excluding carboxylic acids is 1. The maximum Gasteiger partial charge on any atom is 0.317 e. The lowest BCUT2D eigenvalue weighted by atomic mass is 9.99. The van der Waals surface area contributed by atoms with Gasteiger partial charge in [-0.05, 0) is 63.8 Å².